The summed E-state index contributed by atoms with van der Waals surface area (Å²) in [6.45, 7) is 3.76. The third kappa shape index (κ3) is 23.8. The zero-order valence-corrected chi connectivity index (χ0v) is 43.4. The van der Waals surface area contributed by atoms with Gasteiger partial charge in [0.05, 0.1) is 18.5 Å². The molecule has 2 aromatic heterocycles. The number of thioether (sulfide) groups is 1. The van der Waals surface area contributed by atoms with Crippen LogP contribution >= 0.6 is 69.8 Å². The van der Waals surface area contributed by atoms with Gasteiger partial charge in [-0.25, -0.2) is 0 Å². The largest absolute Gasteiger partial charge is 0.497 e. The van der Waals surface area contributed by atoms with Crippen LogP contribution in [0.1, 0.15) is 35.2 Å². The molecule has 0 bridgehead atoms. The first-order valence-electron chi connectivity index (χ1n) is 16.3. The van der Waals surface area contributed by atoms with Gasteiger partial charge in [-0.2, -0.15) is 15.0 Å². The smallest absolute Gasteiger partial charge is 0.227 e. The number of rotatable bonds is 9. The quantitative estimate of drug-likeness (QED) is 0.0796. The Hall–Kier alpha value is -1.45. The Kier molecular flexibility index (Phi) is 41.3. The van der Waals surface area contributed by atoms with E-state index >= 15 is 0 Å². The standard InChI is InChI=1S/C21H21NS.C9H13NO.C3Cl3N3.C3Cl2N3.C2H7NO.CH4.2CH3.2Y/c22-16-17-23-21(18-10-4-1-5-11-18,19-12-6-2-7-13-19)20-14-8-3-9-15-20;1-7-5-9(11-2)4-3-8(7)6-10;4-1-7-2(5)9-3(6)8-1;4-2-6-1-7-3(5)8-2;3-1-2-4;;;;;/h1-15H,16-17,22H2;3-5H,6,10H2,1-2H3;;;4H,1-3H2;1H4;2*1H3;;/q;;;-1;;;2*-1;;. The first-order valence-corrected chi connectivity index (χ1v) is 19.2. The predicted octanol–water partition coefficient (Wildman–Crippen LogP) is 9.41. The summed E-state index contributed by atoms with van der Waals surface area (Å²) in [7, 11) is 1.66. The fourth-order valence-electron chi connectivity index (χ4n) is 4.54. The zero-order valence-electron chi connectivity index (χ0n) is 33.2. The Bertz CT molecular complexity index is 1790. The number of benzene rings is 4. The van der Waals surface area contributed by atoms with Crippen molar-refractivity contribution in [3.05, 3.63) is 185 Å². The maximum Gasteiger partial charge on any atom is 0.227 e. The van der Waals surface area contributed by atoms with Crippen LogP contribution in [-0.4, -0.2) is 67.6 Å². The van der Waals surface area contributed by atoms with Gasteiger partial charge in [0.2, 0.25) is 15.9 Å². The fraction of sp³-hybridized carbons (Fsp3) is 0.220. The minimum atomic E-state index is -0.233. The molecule has 0 amide bonds. The van der Waals surface area contributed by atoms with Gasteiger partial charge < -0.3 is 56.8 Å². The molecular weight excluding hydrogens is 1040 g/mol. The summed E-state index contributed by atoms with van der Waals surface area (Å²) in [5.74, 6) is 1.79. The number of methoxy groups -OCH3 is 1. The van der Waals surface area contributed by atoms with Crippen molar-refractivity contribution >= 4 is 69.8 Å². The second kappa shape index (κ2) is 38.0. The minimum Gasteiger partial charge on any atom is -0.497 e. The van der Waals surface area contributed by atoms with Gasteiger partial charge in [0.15, 0.2) is 0 Å². The first kappa shape index (κ1) is 65.2. The molecular formula is C41H51Cl5N9O2SY2-3. The van der Waals surface area contributed by atoms with Gasteiger partial charge in [0.25, 0.3) is 0 Å². The topological polar surface area (TPSA) is 185 Å². The summed E-state index contributed by atoms with van der Waals surface area (Å²) in [6.07, 6.45) is 2.20. The van der Waals surface area contributed by atoms with Crippen LogP contribution in [0.5, 0.6) is 5.75 Å². The van der Waals surface area contributed by atoms with Crippen molar-refractivity contribution < 1.29 is 75.3 Å². The van der Waals surface area contributed by atoms with E-state index < -0.39 is 0 Å². The molecule has 322 valence electrons. The van der Waals surface area contributed by atoms with E-state index in [0.717, 1.165) is 11.5 Å². The number of hydrogen-bond donors (Lipinski definition) is 4. The van der Waals surface area contributed by atoms with Crippen molar-refractivity contribution in [3.8, 4) is 5.75 Å². The van der Waals surface area contributed by atoms with Crippen molar-refractivity contribution in [1.82, 2.24) is 29.9 Å². The molecule has 0 saturated heterocycles. The molecule has 0 atom stereocenters. The van der Waals surface area contributed by atoms with Crippen LogP contribution < -0.4 is 21.9 Å². The van der Waals surface area contributed by atoms with Crippen LogP contribution in [0, 0.1) is 28.1 Å². The summed E-state index contributed by atoms with van der Waals surface area (Å²) in [5.41, 5.74) is 22.4. The van der Waals surface area contributed by atoms with Crippen molar-refractivity contribution in [1.29, 1.82) is 0 Å². The molecule has 0 fully saturated rings. The second-order valence-corrected chi connectivity index (χ2v) is 13.5. The normalized spacial score (nSPS) is 9.32. The SMILES string of the molecule is C.COc1ccc(CN)c(C)c1.Clc1n[c-]nc(Cl)n1.Clc1nc(Cl)nc(Cl)n1.NCCO.NCCSC(c1ccccc1)(c1ccccc1)c1ccccc1.[CH3-].[CH3-].[Y].[Y]. The Balaban J connectivity index is -0.000000360. The Morgan fingerprint density at radius 1 is 0.633 bits per heavy atom. The zero-order chi connectivity index (χ0) is 40.5. The molecule has 2 heterocycles. The van der Waals surface area contributed by atoms with Crippen LogP contribution in [0.15, 0.2) is 109 Å². The summed E-state index contributed by atoms with van der Waals surface area (Å²) in [5, 5.41) is 7.87. The van der Waals surface area contributed by atoms with E-state index in [9.17, 15) is 0 Å². The van der Waals surface area contributed by atoms with Crippen molar-refractivity contribution in [2.45, 2.75) is 25.6 Å². The van der Waals surface area contributed by atoms with E-state index in [-0.39, 0.29) is 125 Å². The number of halogens is 5. The molecule has 0 aliphatic carbocycles. The maximum absolute atomic E-state index is 7.75. The average Bonchev–Trinajstić information content (AvgIpc) is 3.19. The Morgan fingerprint density at radius 3 is 1.27 bits per heavy atom. The molecule has 6 rings (SSSR count). The van der Waals surface area contributed by atoms with Crippen LogP contribution in [-0.2, 0) is 76.7 Å². The summed E-state index contributed by atoms with van der Waals surface area (Å²) in [4.78, 5) is 20.6. The van der Waals surface area contributed by atoms with Gasteiger partial charge in [-0.05, 0) is 81.7 Å². The van der Waals surface area contributed by atoms with E-state index in [4.69, 9.17) is 85.0 Å². The van der Waals surface area contributed by atoms with Gasteiger partial charge in [-0.15, -0.1) is 35.0 Å². The molecule has 0 unspecified atom stereocenters. The number of nitrogens with two attached hydrogens (primary N) is 3. The average molecular weight is 1090 g/mol. The van der Waals surface area contributed by atoms with E-state index in [2.05, 4.69) is 127 Å². The van der Waals surface area contributed by atoms with E-state index in [1.807, 2.05) is 36.9 Å². The number of aryl methyl sites for hydroxylation is 1. The van der Waals surface area contributed by atoms with E-state index in [0.29, 0.717) is 19.6 Å². The van der Waals surface area contributed by atoms with Crippen molar-refractivity contribution in [2.75, 3.05) is 32.6 Å². The van der Waals surface area contributed by atoms with Crippen molar-refractivity contribution in [3.63, 3.8) is 0 Å². The molecule has 60 heavy (non-hydrogen) atoms. The summed E-state index contributed by atoms with van der Waals surface area (Å²) < 4.78 is 4.82. The van der Waals surface area contributed by atoms with Crippen LogP contribution in [0.3, 0.4) is 0 Å². The number of aliphatic hydroxyl groups is 1. The molecule has 4 aromatic carbocycles. The number of nitrogens with zero attached hydrogens (tertiary/aromatic N) is 6. The molecule has 2 radical (unpaired) electrons. The Morgan fingerprint density at radius 2 is 1.00 bits per heavy atom. The summed E-state index contributed by atoms with van der Waals surface area (Å²) >= 11 is 28.4. The first-order chi connectivity index (χ1) is 26.5. The molecule has 0 aliphatic rings. The number of aromatic nitrogens is 6. The van der Waals surface area contributed by atoms with Gasteiger partial charge >= 0.3 is 0 Å². The fourth-order valence-corrected chi connectivity index (χ4v) is 6.76. The Labute approximate surface area is 435 Å². The van der Waals surface area contributed by atoms with Crippen molar-refractivity contribution in [2.24, 2.45) is 17.2 Å². The third-order valence-electron chi connectivity index (χ3n) is 6.90. The minimum absolute atomic E-state index is 0. The van der Waals surface area contributed by atoms with E-state index in [1.54, 1.807) is 7.11 Å². The molecule has 6 aromatic rings. The third-order valence-corrected chi connectivity index (χ3v) is 9.32. The molecule has 0 saturated carbocycles. The molecule has 0 aliphatic heterocycles. The van der Waals surface area contributed by atoms with Crippen LogP contribution in [0.4, 0.5) is 0 Å². The van der Waals surface area contributed by atoms with Gasteiger partial charge in [0, 0.05) is 97.1 Å². The van der Waals surface area contributed by atoms with Gasteiger partial charge in [0.1, 0.15) is 16.3 Å². The molecule has 7 N–H and O–H groups in total. The number of aliphatic hydroxyl groups excluding tert-OH is 1. The number of ether oxygens (including phenoxy) is 1. The molecule has 0 spiro atoms. The van der Waals surface area contributed by atoms with E-state index in [1.165, 1.54) is 27.8 Å². The van der Waals surface area contributed by atoms with Gasteiger partial charge in [-0.1, -0.05) is 104 Å². The predicted molar refractivity (Wildman–Crippen MR) is 246 cm³/mol. The molecule has 11 nitrogen and oxygen atoms in total. The van der Waals surface area contributed by atoms with Gasteiger partial charge in [-0.3, -0.25) is 0 Å². The van der Waals surface area contributed by atoms with Crippen LogP contribution in [0.2, 0.25) is 26.4 Å². The maximum atomic E-state index is 7.75. The molecule has 19 heteroatoms. The monoisotopic (exact) mass is 1090 g/mol. The second-order valence-electron chi connectivity index (χ2n) is 10.5. The van der Waals surface area contributed by atoms with Crippen LogP contribution in [0.25, 0.3) is 0 Å². The number of hydrogen-bond acceptors (Lipinski definition) is 12. The summed E-state index contributed by atoms with van der Waals surface area (Å²) in [6, 6.07) is 38.0.